The van der Waals surface area contributed by atoms with E-state index < -0.39 is 0 Å². The fourth-order valence-electron chi connectivity index (χ4n) is 4.12. The molecule has 1 fully saturated rings. The van der Waals surface area contributed by atoms with E-state index in [9.17, 15) is 4.79 Å². The van der Waals surface area contributed by atoms with Crippen molar-refractivity contribution in [2.45, 2.75) is 18.3 Å². The molecule has 2 nitrogen and oxygen atoms in total. The van der Waals surface area contributed by atoms with Gasteiger partial charge in [-0.05, 0) is 64.8 Å². The van der Waals surface area contributed by atoms with E-state index in [4.69, 9.17) is 0 Å². The van der Waals surface area contributed by atoms with Gasteiger partial charge in [0.2, 0.25) is 0 Å². The standard InChI is InChI=1S/C28H23NO/c30-28(24-13-7-12-23(18-24)20-8-3-1-4-9-20)29-25-16-14-22(15-17-25)27-19-26(27)21-10-5-2-6-11-21/h1-18,26-27H,19H2,(H,29,30). The highest BCUT2D eigenvalue weighted by atomic mass is 16.1. The fraction of sp³-hybridized carbons (Fsp3) is 0.107. The van der Waals surface area contributed by atoms with Crippen LogP contribution in [-0.4, -0.2) is 5.91 Å². The molecule has 0 aromatic heterocycles. The Labute approximate surface area is 177 Å². The van der Waals surface area contributed by atoms with Crippen molar-refractivity contribution in [3.05, 3.63) is 126 Å². The van der Waals surface area contributed by atoms with Crippen molar-refractivity contribution in [1.29, 1.82) is 0 Å². The van der Waals surface area contributed by atoms with E-state index in [0.29, 0.717) is 17.4 Å². The molecule has 0 aliphatic heterocycles. The van der Waals surface area contributed by atoms with Gasteiger partial charge in [-0.3, -0.25) is 4.79 Å². The molecule has 1 amide bonds. The molecule has 1 aliphatic carbocycles. The van der Waals surface area contributed by atoms with Gasteiger partial charge in [-0.15, -0.1) is 0 Å². The van der Waals surface area contributed by atoms with Crippen molar-refractivity contribution in [2.75, 3.05) is 5.32 Å². The van der Waals surface area contributed by atoms with Crippen LogP contribution in [0.5, 0.6) is 0 Å². The third kappa shape index (κ3) is 3.90. The minimum Gasteiger partial charge on any atom is -0.322 e. The summed E-state index contributed by atoms with van der Waals surface area (Å²) in [4.78, 5) is 12.8. The number of amides is 1. The summed E-state index contributed by atoms with van der Waals surface area (Å²) in [6.07, 6.45) is 1.20. The van der Waals surface area contributed by atoms with Crippen molar-refractivity contribution < 1.29 is 4.79 Å². The van der Waals surface area contributed by atoms with Gasteiger partial charge in [0, 0.05) is 11.3 Å². The van der Waals surface area contributed by atoms with Gasteiger partial charge in [-0.25, -0.2) is 0 Å². The van der Waals surface area contributed by atoms with Crippen molar-refractivity contribution in [1.82, 2.24) is 0 Å². The smallest absolute Gasteiger partial charge is 0.255 e. The summed E-state index contributed by atoms with van der Waals surface area (Å²) in [5.41, 5.74) is 6.39. The van der Waals surface area contributed by atoms with E-state index in [1.807, 2.05) is 54.6 Å². The number of carbonyl (C=O) groups excluding carboxylic acids is 1. The van der Waals surface area contributed by atoms with Crippen LogP contribution in [0.25, 0.3) is 11.1 Å². The molecular weight excluding hydrogens is 366 g/mol. The minimum atomic E-state index is -0.0888. The maximum absolute atomic E-state index is 12.8. The van der Waals surface area contributed by atoms with Crippen molar-refractivity contribution >= 4 is 11.6 Å². The van der Waals surface area contributed by atoms with E-state index in [1.54, 1.807) is 0 Å². The maximum atomic E-state index is 12.8. The van der Waals surface area contributed by atoms with Crippen molar-refractivity contribution in [2.24, 2.45) is 0 Å². The van der Waals surface area contributed by atoms with Gasteiger partial charge in [0.05, 0.1) is 0 Å². The summed E-state index contributed by atoms with van der Waals surface area (Å²) in [5, 5.41) is 3.03. The zero-order valence-corrected chi connectivity index (χ0v) is 16.7. The number of hydrogen-bond acceptors (Lipinski definition) is 1. The van der Waals surface area contributed by atoms with Gasteiger partial charge in [-0.1, -0.05) is 84.9 Å². The largest absolute Gasteiger partial charge is 0.322 e. The molecule has 0 radical (unpaired) electrons. The van der Waals surface area contributed by atoms with E-state index >= 15 is 0 Å². The predicted octanol–water partition coefficient (Wildman–Crippen LogP) is 6.88. The number of anilines is 1. The Morgan fingerprint density at radius 1 is 0.633 bits per heavy atom. The number of hydrogen-bond donors (Lipinski definition) is 1. The Bertz CT molecular complexity index is 1150. The molecule has 146 valence electrons. The number of nitrogens with one attached hydrogen (secondary N) is 1. The molecule has 2 unspecified atom stereocenters. The molecule has 30 heavy (non-hydrogen) atoms. The van der Waals surface area contributed by atoms with Gasteiger partial charge in [0.25, 0.3) is 5.91 Å². The van der Waals surface area contributed by atoms with Crippen LogP contribution >= 0.6 is 0 Å². The first kappa shape index (κ1) is 18.4. The highest BCUT2D eigenvalue weighted by molar-refractivity contribution is 6.05. The Kier molecular flexibility index (Phi) is 4.90. The van der Waals surface area contributed by atoms with E-state index in [2.05, 4.69) is 59.9 Å². The summed E-state index contributed by atoms with van der Waals surface area (Å²) >= 11 is 0. The first-order valence-corrected chi connectivity index (χ1v) is 10.4. The predicted molar refractivity (Wildman–Crippen MR) is 123 cm³/mol. The summed E-state index contributed by atoms with van der Waals surface area (Å²) in [5.74, 6) is 1.11. The highest BCUT2D eigenvalue weighted by Crippen LogP contribution is 2.54. The molecule has 0 bridgehead atoms. The molecule has 2 atom stereocenters. The monoisotopic (exact) mass is 389 g/mol. The fourth-order valence-corrected chi connectivity index (χ4v) is 4.12. The van der Waals surface area contributed by atoms with Crippen LogP contribution in [0.15, 0.2) is 109 Å². The number of benzene rings is 4. The Balaban J connectivity index is 1.26. The third-order valence-electron chi connectivity index (χ3n) is 5.85. The van der Waals surface area contributed by atoms with Gasteiger partial charge in [0.15, 0.2) is 0 Å². The first-order valence-electron chi connectivity index (χ1n) is 10.4. The second-order valence-electron chi connectivity index (χ2n) is 7.88. The topological polar surface area (TPSA) is 29.1 Å². The molecular formula is C28H23NO. The van der Waals surface area contributed by atoms with Crippen LogP contribution in [0.2, 0.25) is 0 Å². The lowest BCUT2D eigenvalue weighted by Gasteiger charge is -2.08. The summed E-state index contributed by atoms with van der Waals surface area (Å²) in [6.45, 7) is 0. The SMILES string of the molecule is O=C(Nc1ccc(C2CC2c2ccccc2)cc1)c1cccc(-c2ccccc2)c1. The van der Waals surface area contributed by atoms with Crippen LogP contribution in [0, 0.1) is 0 Å². The van der Waals surface area contributed by atoms with Crippen LogP contribution < -0.4 is 5.32 Å². The van der Waals surface area contributed by atoms with Gasteiger partial charge < -0.3 is 5.32 Å². The molecule has 1 aliphatic rings. The average molecular weight is 389 g/mol. The molecule has 4 aromatic rings. The lowest BCUT2D eigenvalue weighted by Crippen LogP contribution is -2.11. The number of rotatable bonds is 5. The van der Waals surface area contributed by atoms with Crippen LogP contribution in [0.4, 0.5) is 5.69 Å². The Hall–Kier alpha value is -3.65. The van der Waals surface area contributed by atoms with Crippen molar-refractivity contribution in [3.8, 4) is 11.1 Å². The summed E-state index contributed by atoms with van der Waals surface area (Å²) in [6, 6.07) is 36.9. The summed E-state index contributed by atoms with van der Waals surface area (Å²) < 4.78 is 0. The van der Waals surface area contributed by atoms with E-state index in [0.717, 1.165) is 16.8 Å². The zero-order chi connectivity index (χ0) is 20.3. The summed E-state index contributed by atoms with van der Waals surface area (Å²) in [7, 11) is 0. The Morgan fingerprint density at radius 2 is 1.23 bits per heavy atom. The number of carbonyl (C=O) groups is 1. The van der Waals surface area contributed by atoms with Gasteiger partial charge >= 0.3 is 0 Å². The molecule has 1 saturated carbocycles. The van der Waals surface area contributed by atoms with Crippen LogP contribution in [0.3, 0.4) is 0 Å². The van der Waals surface area contributed by atoms with Crippen molar-refractivity contribution in [3.63, 3.8) is 0 Å². The second-order valence-corrected chi connectivity index (χ2v) is 7.88. The third-order valence-corrected chi connectivity index (χ3v) is 5.85. The second kappa shape index (κ2) is 8.00. The first-order chi connectivity index (χ1) is 14.8. The van der Waals surface area contributed by atoms with Gasteiger partial charge in [0.1, 0.15) is 0 Å². The average Bonchev–Trinajstić information content (AvgIpc) is 3.62. The van der Waals surface area contributed by atoms with E-state index in [-0.39, 0.29) is 5.91 Å². The lowest BCUT2D eigenvalue weighted by molar-refractivity contribution is 0.102. The van der Waals surface area contributed by atoms with E-state index in [1.165, 1.54) is 17.5 Å². The molecule has 1 N–H and O–H groups in total. The molecule has 0 spiro atoms. The zero-order valence-electron chi connectivity index (χ0n) is 16.7. The maximum Gasteiger partial charge on any atom is 0.255 e. The van der Waals surface area contributed by atoms with Crippen LogP contribution in [-0.2, 0) is 0 Å². The molecule has 5 rings (SSSR count). The quantitative estimate of drug-likeness (QED) is 0.396. The highest BCUT2D eigenvalue weighted by Gasteiger charge is 2.39. The molecule has 0 saturated heterocycles. The van der Waals surface area contributed by atoms with Gasteiger partial charge in [-0.2, -0.15) is 0 Å². The Morgan fingerprint density at radius 3 is 1.93 bits per heavy atom. The lowest BCUT2D eigenvalue weighted by atomic mass is 10.0. The molecule has 2 heteroatoms. The normalized spacial score (nSPS) is 17.3. The minimum absolute atomic E-state index is 0.0888. The molecule has 4 aromatic carbocycles. The molecule has 0 heterocycles. The van der Waals surface area contributed by atoms with Crippen LogP contribution in [0.1, 0.15) is 39.7 Å².